The van der Waals surface area contributed by atoms with Crippen molar-refractivity contribution in [1.82, 2.24) is 9.88 Å². The highest BCUT2D eigenvalue weighted by Crippen LogP contribution is 2.50. The van der Waals surface area contributed by atoms with Gasteiger partial charge in [-0.2, -0.15) is 0 Å². The number of alkyl halides is 1. The minimum Gasteiger partial charge on any atom is -0.494 e. The first-order chi connectivity index (χ1) is 14.2. The maximum absolute atomic E-state index is 13.2. The number of rotatable bonds is 6. The summed E-state index contributed by atoms with van der Waals surface area (Å²) < 4.78 is 36.8. The number of methoxy groups -OCH3 is 1. The van der Waals surface area contributed by atoms with Crippen molar-refractivity contribution in [2.75, 3.05) is 19.5 Å². The summed E-state index contributed by atoms with van der Waals surface area (Å²) in [4.78, 5) is 30.3. The average molecular weight is 491 g/mol. The largest absolute Gasteiger partial charge is 0.494 e. The van der Waals surface area contributed by atoms with Crippen molar-refractivity contribution in [1.29, 1.82) is 0 Å². The maximum atomic E-state index is 13.2. The summed E-state index contributed by atoms with van der Waals surface area (Å²) in [6.07, 6.45) is 0. The molecule has 1 amide bonds. The molecule has 0 bridgehead atoms. The van der Waals surface area contributed by atoms with Gasteiger partial charge in [0.2, 0.25) is 5.91 Å². The third-order valence-electron chi connectivity index (χ3n) is 5.40. The van der Waals surface area contributed by atoms with E-state index >= 15 is 0 Å². The number of ether oxygens (including phenoxy) is 2. The van der Waals surface area contributed by atoms with Gasteiger partial charge in [-0.15, -0.1) is 22.9 Å². The molecule has 8 nitrogen and oxygen atoms in total. The Hall–Kier alpha value is -1.56. The lowest BCUT2D eigenvalue weighted by molar-refractivity contribution is -0.158. The normalized spacial score (nSPS) is 29.5. The molecule has 4 rings (SSSR count). The molecule has 0 N–H and O–H groups in total. The monoisotopic (exact) mass is 490 g/mol. The van der Waals surface area contributed by atoms with Gasteiger partial charge in [-0.25, -0.2) is 18.2 Å². The SMILES string of the molecule is CCOc1ccc2nc(SC[C@@]3(C)[C@H](C(=O)OC)N4C(=O)[C@H](Cl)[C@H]4S3(=O)=O)sc2c1. The molecule has 3 heterocycles. The first kappa shape index (κ1) is 21.7. The van der Waals surface area contributed by atoms with E-state index in [4.69, 9.17) is 21.1 Å². The molecule has 0 saturated carbocycles. The molecule has 0 spiro atoms. The van der Waals surface area contributed by atoms with Crippen LogP contribution in [0.25, 0.3) is 10.2 Å². The highest BCUT2D eigenvalue weighted by molar-refractivity contribution is 8.02. The molecule has 0 aliphatic carbocycles. The number of β-lactam (4-membered cyclic amide) rings is 1. The number of nitrogens with zero attached hydrogens (tertiary/aromatic N) is 2. The number of thioether (sulfide) groups is 1. The Morgan fingerprint density at radius 3 is 2.83 bits per heavy atom. The van der Waals surface area contributed by atoms with Gasteiger partial charge in [0, 0.05) is 5.75 Å². The Bertz CT molecular complexity index is 1140. The second-order valence-corrected chi connectivity index (χ2v) is 12.4. The van der Waals surface area contributed by atoms with Crippen molar-refractivity contribution >= 4 is 66.6 Å². The molecular weight excluding hydrogens is 472 g/mol. The van der Waals surface area contributed by atoms with Crippen molar-refractivity contribution in [3.8, 4) is 5.75 Å². The fourth-order valence-electron chi connectivity index (χ4n) is 3.80. The minimum absolute atomic E-state index is 0.0249. The van der Waals surface area contributed by atoms with Crippen LogP contribution in [-0.4, -0.2) is 71.2 Å². The van der Waals surface area contributed by atoms with Gasteiger partial charge in [0.25, 0.3) is 0 Å². The second kappa shape index (κ2) is 7.54. The fourth-order valence-corrected chi connectivity index (χ4v) is 9.44. The summed E-state index contributed by atoms with van der Waals surface area (Å²) in [7, 11) is -2.75. The fraction of sp³-hybridized carbons (Fsp3) is 0.500. The summed E-state index contributed by atoms with van der Waals surface area (Å²) in [5.74, 6) is -0.584. The smallest absolute Gasteiger partial charge is 0.330 e. The zero-order valence-corrected chi connectivity index (χ0v) is 19.5. The van der Waals surface area contributed by atoms with E-state index in [1.165, 1.54) is 37.1 Å². The summed E-state index contributed by atoms with van der Waals surface area (Å²) >= 11 is 8.62. The highest BCUT2D eigenvalue weighted by Gasteiger charge is 2.73. The average Bonchev–Trinajstić information content (AvgIpc) is 3.19. The Morgan fingerprint density at radius 1 is 1.43 bits per heavy atom. The molecule has 2 aliphatic heterocycles. The standard InChI is InChI=1S/C18H19ClN2O6S3/c1-4-27-9-5-6-10-11(7-9)29-17(20-10)28-8-18(2)13(16(23)26-3)21-14(22)12(19)15(21)30(18,24)25/h5-7,12-13,15H,4,8H2,1-3H3/t12-,13-,15+,18-/m0/s1. The number of esters is 1. The van der Waals surface area contributed by atoms with Crippen LogP contribution in [0.5, 0.6) is 5.75 Å². The number of hydrogen-bond acceptors (Lipinski definition) is 9. The molecule has 2 aromatic rings. The summed E-state index contributed by atoms with van der Waals surface area (Å²) in [6, 6.07) is 4.31. The van der Waals surface area contributed by atoms with Gasteiger partial charge in [-0.1, -0.05) is 11.8 Å². The molecule has 4 atom stereocenters. The first-order valence-electron chi connectivity index (χ1n) is 9.09. The van der Waals surface area contributed by atoms with Crippen LogP contribution in [0.2, 0.25) is 0 Å². The Labute approximate surface area is 186 Å². The number of halogens is 1. The number of thiazole rings is 1. The number of carbonyl (C=O) groups excluding carboxylic acids is 2. The third-order valence-corrected chi connectivity index (χ3v) is 11.5. The summed E-state index contributed by atoms with van der Waals surface area (Å²) in [5.41, 5.74) is 0.773. The van der Waals surface area contributed by atoms with E-state index in [1.54, 1.807) is 0 Å². The lowest BCUT2D eigenvalue weighted by atomic mass is 9.98. The van der Waals surface area contributed by atoms with Crippen molar-refractivity contribution in [3.63, 3.8) is 0 Å². The Balaban J connectivity index is 1.64. The van der Waals surface area contributed by atoms with Crippen molar-refractivity contribution in [2.24, 2.45) is 0 Å². The number of amides is 1. The number of fused-ring (bicyclic) bond motifs is 2. The molecule has 0 unspecified atom stereocenters. The molecule has 1 aromatic heterocycles. The van der Waals surface area contributed by atoms with Crippen molar-refractivity contribution in [2.45, 2.75) is 39.7 Å². The zero-order valence-electron chi connectivity index (χ0n) is 16.3. The number of carbonyl (C=O) groups is 2. The van der Waals surface area contributed by atoms with Crippen LogP contribution in [0.15, 0.2) is 22.5 Å². The van der Waals surface area contributed by atoms with E-state index in [2.05, 4.69) is 4.98 Å². The summed E-state index contributed by atoms with van der Waals surface area (Å²) in [5, 5.41) is -2.40. The van der Waals surface area contributed by atoms with E-state index in [-0.39, 0.29) is 5.75 Å². The predicted molar refractivity (Wildman–Crippen MR) is 115 cm³/mol. The number of benzene rings is 1. The van der Waals surface area contributed by atoms with E-state index in [1.807, 2.05) is 25.1 Å². The number of hydrogen-bond donors (Lipinski definition) is 0. The lowest BCUT2D eigenvalue weighted by Crippen LogP contribution is -2.64. The third kappa shape index (κ3) is 3.01. The van der Waals surface area contributed by atoms with Crippen LogP contribution < -0.4 is 4.74 Å². The van der Waals surface area contributed by atoms with Crippen LogP contribution in [0.3, 0.4) is 0 Å². The Morgan fingerprint density at radius 2 is 2.17 bits per heavy atom. The molecular formula is C18H19ClN2O6S3. The molecule has 30 heavy (non-hydrogen) atoms. The van der Waals surface area contributed by atoms with Crippen LogP contribution in [0.4, 0.5) is 0 Å². The first-order valence-corrected chi connectivity index (χ1v) is 12.9. The topological polar surface area (TPSA) is 103 Å². The molecule has 162 valence electrons. The van der Waals surface area contributed by atoms with Crippen LogP contribution in [0, 0.1) is 0 Å². The van der Waals surface area contributed by atoms with Crippen molar-refractivity contribution in [3.05, 3.63) is 18.2 Å². The van der Waals surface area contributed by atoms with Gasteiger partial charge in [0.1, 0.15) is 15.9 Å². The summed E-state index contributed by atoms with van der Waals surface area (Å²) in [6.45, 7) is 3.92. The van der Waals surface area contributed by atoms with E-state index in [0.717, 1.165) is 20.9 Å². The molecule has 2 aliphatic rings. The van der Waals surface area contributed by atoms with Crippen LogP contribution in [0.1, 0.15) is 13.8 Å². The quantitative estimate of drug-likeness (QED) is 0.263. The zero-order chi connectivity index (χ0) is 21.8. The molecule has 0 radical (unpaired) electrons. The van der Waals surface area contributed by atoms with Gasteiger partial charge in [0.05, 0.1) is 23.9 Å². The maximum Gasteiger partial charge on any atom is 0.330 e. The van der Waals surface area contributed by atoms with E-state index in [9.17, 15) is 18.0 Å². The van der Waals surface area contributed by atoms with Gasteiger partial charge in [-0.3, -0.25) is 4.79 Å². The minimum atomic E-state index is -3.92. The van der Waals surface area contributed by atoms with Gasteiger partial charge < -0.3 is 14.4 Å². The van der Waals surface area contributed by atoms with Gasteiger partial charge in [0.15, 0.2) is 25.6 Å². The molecule has 12 heteroatoms. The Kier molecular flexibility index (Phi) is 5.44. The number of sulfone groups is 1. The van der Waals surface area contributed by atoms with Crippen molar-refractivity contribution < 1.29 is 27.5 Å². The van der Waals surface area contributed by atoms with E-state index in [0.29, 0.717) is 10.9 Å². The molecule has 2 fully saturated rings. The van der Waals surface area contributed by atoms with Gasteiger partial charge in [-0.05, 0) is 32.0 Å². The molecule has 2 saturated heterocycles. The molecule has 1 aromatic carbocycles. The number of aromatic nitrogens is 1. The highest BCUT2D eigenvalue weighted by atomic mass is 35.5. The van der Waals surface area contributed by atoms with Crippen LogP contribution >= 0.6 is 34.7 Å². The lowest BCUT2D eigenvalue weighted by Gasteiger charge is -2.39. The van der Waals surface area contributed by atoms with Gasteiger partial charge >= 0.3 is 5.97 Å². The second-order valence-electron chi connectivity index (χ2n) is 7.15. The predicted octanol–water partition coefficient (Wildman–Crippen LogP) is 2.29. The van der Waals surface area contributed by atoms with E-state index < -0.39 is 43.3 Å². The van der Waals surface area contributed by atoms with Crippen LogP contribution in [-0.2, 0) is 24.2 Å².